The van der Waals surface area contributed by atoms with Gasteiger partial charge in [-0.3, -0.25) is 4.90 Å². The maximum absolute atomic E-state index is 13.0. The first-order chi connectivity index (χ1) is 13.4. The molecule has 0 aliphatic carbocycles. The van der Waals surface area contributed by atoms with E-state index in [0.717, 1.165) is 11.5 Å². The highest BCUT2D eigenvalue weighted by molar-refractivity contribution is 7.89. The molecule has 2 heterocycles. The minimum absolute atomic E-state index is 0.0331. The average molecular weight is 410 g/mol. The number of ether oxygens (including phenoxy) is 3. The summed E-state index contributed by atoms with van der Waals surface area (Å²) in [5, 5.41) is 0. The summed E-state index contributed by atoms with van der Waals surface area (Å²) in [7, 11) is -0.906. The molecule has 9 heteroatoms. The Balaban J connectivity index is 1.84. The number of furan rings is 1. The normalized spacial score (nSPS) is 16.7. The summed E-state index contributed by atoms with van der Waals surface area (Å²) in [4.78, 5) is 2.19. The molecule has 0 bridgehead atoms. The van der Waals surface area contributed by atoms with Crippen LogP contribution in [0.5, 0.6) is 11.5 Å². The number of hydrogen-bond acceptors (Lipinski definition) is 7. The molecule has 1 atom stereocenters. The molecule has 1 fully saturated rings. The number of hydrogen-bond donors (Lipinski definition) is 1. The summed E-state index contributed by atoms with van der Waals surface area (Å²) in [5.74, 6) is 2.20. The van der Waals surface area contributed by atoms with Crippen LogP contribution in [0.15, 0.2) is 39.6 Å². The van der Waals surface area contributed by atoms with E-state index >= 15 is 0 Å². The Kier molecular flexibility index (Phi) is 6.61. The van der Waals surface area contributed by atoms with E-state index in [9.17, 15) is 8.42 Å². The van der Waals surface area contributed by atoms with Crippen molar-refractivity contribution in [1.82, 2.24) is 9.62 Å². The fourth-order valence-corrected chi connectivity index (χ4v) is 4.41. The van der Waals surface area contributed by atoms with Crippen LogP contribution >= 0.6 is 0 Å². The smallest absolute Gasteiger partial charge is 0.244 e. The third-order valence-corrected chi connectivity index (χ3v) is 6.15. The predicted molar refractivity (Wildman–Crippen MR) is 103 cm³/mol. The van der Waals surface area contributed by atoms with Gasteiger partial charge in [0.05, 0.1) is 33.5 Å². The van der Waals surface area contributed by atoms with Gasteiger partial charge >= 0.3 is 0 Å². The highest BCUT2D eigenvalue weighted by Gasteiger charge is 2.28. The second-order valence-corrected chi connectivity index (χ2v) is 8.22. The van der Waals surface area contributed by atoms with Gasteiger partial charge < -0.3 is 18.6 Å². The Hall–Kier alpha value is -2.07. The van der Waals surface area contributed by atoms with Crippen molar-refractivity contribution in [3.05, 3.63) is 41.9 Å². The topological polar surface area (TPSA) is 90.2 Å². The number of morpholine rings is 1. The molecule has 1 N–H and O–H groups in total. The lowest BCUT2D eigenvalue weighted by atomic mass is 10.2. The lowest BCUT2D eigenvalue weighted by Crippen LogP contribution is -2.43. The Morgan fingerprint density at radius 2 is 1.89 bits per heavy atom. The number of aryl methyl sites for hydroxylation is 1. The van der Waals surface area contributed by atoms with E-state index < -0.39 is 10.0 Å². The van der Waals surface area contributed by atoms with Crippen LogP contribution in [0.25, 0.3) is 0 Å². The molecule has 8 nitrogen and oxygen atoms in total. The molecule has 1 aliphatic heterocycles. The predicted octanol–water partition coefficient (Wildman–Crippen LogP) is 1.96. The number of rotatable bonds is 8. The third-order valence-electron chi connectivity index (χ3n) is 4.70. The molecule has 1 saturated heterocycles. The maximum Gasteiger partial charge on any atom is 0.244 e. The van der Waals surface area contributed by atoms with Gasteiger partial charge in [0.15, 0.2) is 0 Å². The molecule has 0 amide bonds. The molecule has 0 radical (unpaired) electrons. The lowest BCUT2D eigenvalue weighted by molar-refractivity contribution is 0.0127. The van der Waals surface area contributed by atoms with Crippen LogP contribution in [0, 0.1) is 6.92 Å². The van der Waals surface area contributed by atoms with Crippen molar-refractivity contribution in [1.29, 1.82) is 0 Å². The average Bonchev–Trinajstić information content (AvgIpc) is 3.14. The van der Waals surface area contributed by atoms with Gasteiger partial charge in [-0.1, -0.05) is 0 Å². The molecule has 2 aromatic rings. The first-order valence-corrected chi connectivity index (χ1v) is 10.5. The van der Waals surface area contributed by atoms with Crippen molar-refractivity contribution >= 4 is 10.0 Å². The second kappa shape index (κ2) is 8.95. The van der Waals surface area contributed by atoms with Gasteiger partial charge in [-0.05, 0) is 31.2 Å². The fraction of sp³-hybridized carbons (Fsp3) is 0.474. The summed E-state index contributed by atoms with van der Waals surface area (Å²) in [6, 6.07) is 8.20. The van der Waals surface area contributed by atoms with Crippen molar-refractivity contribution in [3.63, 3.8) is 0 Å². The molecule has 28 heavy (non-hydrogen) atoms. The zero-order valence-corrected chi connectivity index (χ0v) is 17.1. The van der Waals surface area contributed by atoms with Gasteiger partial charge in [0.1, 0.15) is 27.9 Å². The van der Waals surface area contributed by atoms with Crippen molar-refractivity contribution in [2.75, 3.05) is 47.1 Å². The van der Waals surface area contributed by atoms with Gasteiger partial charge in [-0.25, -0.2) is 13.1 Å². The Labute approximate surface area is 165 Å². The molecule has 3 rings (SSSR count). The van der Waals surface area contributed by atoms with Crippen molar-refractivity contribution in [3.8, 4) is 11.5 Å². The second-order valence-electron chi connectivity index (χ2n) is 6.48. The van der Waals surface area contributed by atoms with Crippen LogP contribution in [0.2, 0.25) is 0 Å². The molecule has 1 aliphatic rings. The summed E-state index contributed by atoms with van der Waals surface area (Å²) < 4.78 is 50.3. The summed E-state index contributed by atoms with van der Waals surface area (Å²) in [6.45, 7) is 4.64. The van der Waals surface area contributed by atoms with Crippen molar-refractivity contribution in [2.24, 2.45) is 0 Å². The van der Waals surface area contributed by atoms with Crippen LogP contribution in [-0.2, 0) is 14.8 Å². The molecular formula is C19H26N2O6S. The standard InChI is InChI=1S/C19H26N2O6S/c1-14-4-6-17(27-14)16(21-8-10-26-11-9-21)13-20-28(22,23)19-12-15(24-2)5-7-18(19)25-3/h4-7,12,16,20H,8-11,13H2,1-3H3. The number of benzene rings is 1. The number of nitrogens with zero attached hydrogens (tertiary/aromatic N) is 1. The maximum atomic E-state index is 13.0. The number of nitrogens with one attached hydrogen (secondary N) is 1. The highest BCUT2D eigenvalue weighted by atomic mass is 32.2. The van der Waals surface area contributed by atoms with Gasteiger partial charge in [-0.2, -0.15) is 0 Å². The summed E-state index contributed by atoms with van der Waals surface area (Å²) in [5.41, 5.74) is 0. The summed E-state index contributed by atoms with van der Waals surface area (Å²) >= 11 is 0. The molecular weight excluding hydrogens is 384 g/mol. The first kappa shape index (κ1) is 20.7. The van der Waals surface area contributed by atoms with Crippen LogP contribution < -0.4 is 14.2 Å². The molecule has 154 valence electrons. The summed E-state index contributed by atoms with van der Waals surface area (Å²) in [6.07, 6.45) is 0. The largest absolute Gasteiger partial charge is 0.497 e. The SMILES string of the molecule is COc1ccc(OC)c(S(=O)(=O)NCC(c2ccc(C)o2)N2CCOCC2)c1. The van der Waals surface area contributed by atoms with Gasteiger partial charge in [0, 0.05) is 25.7 Å². The molecule has 1 unspecified atom stereocenters. The van der Waals surface area contributed by atoms with E-state index in [2.05, 4.69) is 9.62 Å². The Bertz CT molecular complexity index is 890. The van der Waals surface area contributed by atoms with E-state index in [0.29, 0.717) is 32.1 Å². The van der Waals surface area contributed by atoms with Gasteiger partial charge in [-0.15, -0.1) is 0 Å². The minimum atomic E-state index is -3.83. The molecule has 0 spiro atoms. The third kappa shape index (κ3) is 4.67. The Morgan fingerprint density at radius 3 is 2.50 bits per heavy atom. The van der Waals surface area contributed by atoms with Crippen LogP contribution in [-0.4, -0.2) is 60.4 Å². The van der Waals surface area contributed by atoms with E-state index in [-0.39, 0.29) is 23.2 Å². The van der Waals surface area contributed by atoms with E-state index in [1.165, 1.54) is 20.3 Å². The lowest BCUT2D eigenvalue weighted by Gasteiger charge is -2.33. The monoisotopic (exact) mass is 410 g/mol. The molecule has 1 aromatic heterocycles. The quantitative estimate of drug-likeness (QED) is 0.711. The Morgan fingerprint density at radius 1 is 1.14 bits per heavy atom. The molecule has 0 saturated carbocycles. The fourth-order valence-electron chi connectivity index (χ4n) is 3.19. The van der Waals surface area contributed by atoms with Gasteiger partial charge in [0.25, 0.3) is 0 Å². The number of sulfonamides is 1. The molecule has 1 aromatic carbocycles. The number of methoxy groups -OCH3 is 2. The van der Waals surface area contributed by atoms with Crippen LogP contribution in [0.3, 0.4) is 0 Å². The zero-order chi connectivity index (χ0) is 20.1. The van der Waals surface area contributed by atoms with Crippen LogP contribution in [0.4, 0.5) is 0 Å². The zero-order valence-electron chi connectivity index (χ0n) is 16.3. The minimum Gasteiger partial charge on any atom is -0.497 e. The van der Waals surface area contributed by atoms with Gasteiger partial charge in [0.2, 0.25) is 10.0 Å². The van der Waals surface area contributed by atoms with Crippen LogP contribution in [0.1, 0.15) is 17.6 Å². The highest BCUT2D eigenvalue weighted by Crippen LogP contribution is 2.29. The van der Waals surface area contributed by atoms with E-state index in [1.54, 1.807) is 12.1 Å². The first-order valence-electron chi connectivity index (χ1n) is 9.04. The van der Waals surface area contributed by atoms with Crippen molar-refractivity contribution < 1.29 is 27.0 Å². The van der Waals surface area contributed by atoms with Crippen molar-refractivity contribution in [2.45, 2.75) is 17.9 Å². The van der Waals surface area contributed by atoms with E-state index in [1.807, 2.05) is 19.1 Å². The van der Waals surface area contributed by atoms with E-state index in [4.69, 9.17) is 18.6 Å².